The molecule has 0 saturated carbocycles. The van der Waals surface area contributed by atoms with Gasteiger partial charge >= 0.3 is 0 Å². The van der Waals surface area contributed by atoms with Crippen molar-refractivity contribution in [1.82, 2.24) is 0 Å². The minimum absolute atomic E-state index is 0.363. The molecule has 66 valence electrons. The summed E-state index contributed by atoms with van der Waals surface area (Å²) in [5, 5.41) is 2.27. The van der Waals surface area contributed by atoms with Crippen LogP contribution in [0.4, 0.5) is 0 Å². The van der Waals surface area contributed by atoms with Gasteiger partial charge in [-0.25, -0.2) is 0 Å². The molecule has 0 spiro atoms. The number of benzene rings is 2. The highest BCUT2D eigenvalue weighted by Crippen LogP contribution is 2.22. The zero-order valence-electron chi connectivity index (χ0n) is 6.81. The quantitative estimate of drug-likeness (QED) is 0.740. The molecule has 3 heteroatoms. The van der Waals surface area contributed by atoms with Crippen molar-refractivity contribution in [3.05, 3.63) is 42.5 Å². The Hall–Kier alpha value is -1.19. The SMILES string of the molecule is OSOc1ccc2ccccc2c1. The Labute approximate surface area is 80.6 Å². The first kappa shape index (κ1) is 8.41. The van der Waals surface area contributed by atoms with Crippen LogP contribution in [0.25, 0.3) is 10.8 Å². The molecule has 0 bridgehead atoms. The molecule has 0 saturated heterocycles. The van der Waals surface area contributed by atoms with Gasteiger partial charge in [0.15, 0.2) is 0 Å². The summed E-state index contributed by atoms with van der Waals surface area (Å²) >= 11 is 0.363. The van der Waals surface area contributed by atoms with E-state index >= 15 is 0 Å². The first-order valence-corrected chi connectivity index (χ1v) is 4.57. The van der Waals surface area contributed by atoms with Crippen LogP contribution in [-0.4, -0.2) is 4.55 Å². The maximum Gasteiger partial charge on any atom is 0.222 e. The summed E-state index contributed by atoms with van der Waals surface area (Å²) in [6.07, 6.45) is 0. The lowest BCUT2D eigenvalue weighted by Crippen LogP contribution is -1.79. The molecule has 2 nitrogen and oxygen atoms in total. The Morgan fingerprint density at radius 1 is 1.00 bits per heavy atom. The van der Waals surface area contributed by atoms with Gasteiger partial charge < -0.3 is 4.18 Å². The van der Waals surface area contributed by atoms with Crippen LogP contribution in [-0.2, 0) is 0 Å². The molecule has 1 N–H and O–H groups in total. The third kappa shape index (κ3) is 1.76. The molecule has 0 unspecified atom stereocenters. The summed E-state index contributed by atoms with van der Waals surface area (Å²) in [5.41, 5.74) is 0. The Bertz CT molecular complexity index is 414. The topological polar surface area (TPSA) is 29.5 Å². The van der Waals surface area contributed by atoms with Gasteiger partial charge in [-0.2, -0.15) is 0 Å². The van der Waals surface area contributed by atoms with Crippen molar-refractivity contribution < 1.29 is 8.74 Å². The molecule has 0 radical (unpaired) electrons. The predicted octanol–water partition coefficient (Wildman–Crippen LogP) is 3.34. The molecule has 0 aliphatic carbocycles. The Kier molecular flexibility index (Phi) is 2.38. The molecule has 0 aliphatic heterocycles. The monoisotopic (exact) mass is 192 g/mol. The number of hydrogen-bond donors (Lipinski definition) is 1. The summed E-state index contributed by atoms with van der Waals surface area (Å²) in [5.74, 6) is 0.659. The van der Waals surface area contributed by atoms with E-state index in [9.17, 15) is 0 Å². The van der Waals surface area contributed by atoms with Gasteiger partial charge in [0.25, 0.3) is 0 Å². The van der Waals surface area contributed by atoms with Crippen LogP contribution < -0.4 is 4.18 Å². The van der Waals surface area contributed by atoms with Crippen LogP contribution in [0.15, 0.2) is 42.5 Å². The van der Waals surface area contributed by atoms with Crippen molar-refractivity contribution in [1.29, 1.82) is 0 Å². The zero-order valence-corrected chi connectivity index (χ0v) is 7.62. The van der Waals surface area contributed by atoms with Gasteiger partial charge in [-0.05, 0) is 22.9 Å². The average Bonchev–Trinajstić information content (AvgIpc) is 2.18. The maximum atomic E-state index is 8.49. The molecule has 0 heterocycles. The van der Waals surface area contributed by atoms with Crippen LogP contribution in [0.3, 0.4) is 0 Å². The molecule has 2 rings (SSSR count). The van der Waals surface area contributed by atoms with Gasteiger partial charge in [0.05, 0.1) is 0 Å². The highest BCUT2D eigenvalue weighted by Gasteiger charge is 1.95. The first-order chi connectivity index (χ1) is 6.40. The van der Waals surface area contributed by atoms with Gasteiger partial charge in [-0.1, -0.05) is 30.3 Å². The smallest absolute Gasteiger partial charge is 0.222 e. The zero-order chi connectivity index (χ0) is 9.10. The second-order valence-corrected chi connectivity index (χ2v) is 2.98. The van der Waals surface area contributed by atoms with Crippen molar-refractivity contribution >= 4 is 23.1 Å². The summed E-state index contributed by atoms with van der Waals surface area (Å²) < 4.78 is 13.4. The van der Waals surface area contributed by atoms with E-state index in [0.717, 1.165) is 10.8 Å². The highest BCUT2D eigenvalue weighted by atomic mass is 32.2. The van der Waals surface area contributed by atoms with Crippen molar-refractivity contribution in [2.75, 3.05) is 0 Å². The largest absolute Gasteiger partial charge is 0.400 e. The molecule has 2 aromatic rings. The number of fused-ring (bicyclic) bond motifs is 1. The van der Waals surface area contributed by atoms with E-state index in [1.54, 1.807) is 0 Å². The third-order valence-electron chi connectivity index (χ3n) is 1.85. The minimum Gasteiger partial charge on any atom is -0.400 e. The standard InChI is InChI=1S/C10H8O2S/c11-13-12-10-6-5-8-3-1-2-4-9(8)7-10/h1-7,11H. The van der Waals surface area contributed by atoms with E-state index < -0.39 is 0 Å². The fraction of sp³-hybridized carbons (Fsp3) is 0. The van der Waals surface area contributed by atoms with E-state index in [4.69, 9.17) is 8.74 Å². The van der Waals surface area contributed by atoms with Crippen LogP contribution in [0.2, 0.25) is 0 Å². The molecule has 0 aliphatic rings. The van der Waals surface area contributed by atoms with Crippen LogP contribution in [0.5, 0.6) is 5.75 Å². The molecule has 0 amide bonds. The summed E-state index contributed by atoms with van der Waals surface area (Å²) in [6.45, 7) is 0. The van der Waals surface area contributed by atoms with Gasteiger partial charge in [0, 0.05) is 0 Å². The second kappa shape index (κ2) is 3.68. The number of rotatable bonds is 2. The molecular formula is C10H8O2S. The lowest BCUT2D eigenvalue weighted by Gasteiger charge is -2.01. The lowest BCUT2D eigenvalue weighted by molar-refractivity contribution is 0.541. The molecule has 13 heavy (non-hydrogen) atoms. The predicted molar refractivity (Wildman–Crippen MR) is 54.8 cm³/mol. The Balaban J connectivity index is 2.49. The minimum atomic E-state index is 0.363. The van der Waals surface area contributed by atoms with Gasteiger partial charge in [0.1, 0.15) is 5.75 Å². The summed E-state index contributed by atoms with van der Waals surface area (Å²) in [4.78, 5) is 0. The highest BCUT2D eigenvalue weighted by molar-refractivity contribution is 7.89. The maximum absolute atomic E-state index is 8.49. The van der Waals surface area contributed by atoms with Crippen molar-refractivity contribution in [2.24, 2.45) is 0 Å². The van der Waals surface area contributed by atoms with Crippen LogP contribution in [0.1, 0.15) is 0 Å². The summed E-state index contributed by atoms with van der Waals surface area (Å²) in [6, 6.07) is 13.7. The fourth-order valence-corrected chi connectivity index (χ4v) is 1.45. The Morgan fingerprint density at radius 3 is 2.54 bits per heavy atom. The lowest BCUT2D eigenvalue weighted by atomic mass is 10.1. The fourth-order valence-electron chi connectivity index (χ4n) is 1.26. The normalized spacial score (nSPS) is 10.2. The van der Waals surface area contributed by atoms with E-state index in [0.29, 0.717) is 18.1 Å². The van der Waals surface area contributed by atoms with Gasteiger partial charge in [-0.3, -0.25) is 4.55 Å². The van der Waals surface area contributed by atoms with Crippen LogP contribution in [0, 0.1) is 0 Å². The van der Waals surface area contributed by atoms with E-state index in [2.05, 4.69) is 0 Å². The summed E-state index contributed by atoms with van der Waals surface area (Å²) in [7, 11) is 0. The van der Waals surface area contributed by atoms with E-state index in [-0.39, 0.29) is 0 Å². The third-order valence-corrected chi connectivity index (χ3v) is 2.12. The average molecular weight is 192 g/mol. The van der Waals surface area contributed by atoms with Crippen molar-refractivity contribution in [2.45, 2.75) is 0 Å². The molecule has 0 atom stereocenters. The van der Waals surface area contributed by atoms with Crippen molar-refractivity contribution in [3.8, 4) is 5.75 Å². The van der Waals surface area contributed by atoms with E-state index in [1.165, 1.54) is 0 Å². The van der Waals surface area contributed by atoms with Gasteiger partial charge in [-0.15, -0.1) is 0 Å². The molecule has 0 aromatic heterocycles. The number of hydrogen-bond acceptors (Lipinski definition) is 3. The molecule has 0 fully saturated rings. The Morgan fingerprint density at radius 2 is 1.77 bits per heavy atom. The van der Waals surface area contributed by atoms with E-state index in [1.807, 2.05) is 42.5 Å². The first-order valence-electron chi connectivity index (χ1n) is 3.87. The van der Waals surface area contributed by atoms with Crippen LogP contribution >= 0.6 is 12.3 Å². The van der Waals surface area contributed by atoms with Gasteiger partial charge in [0.2, 0.25) is 12.3 Å². The molecule has 2 aromatic carbocycles. The molecular weight excluding hydrogens is 184 g/mol. The second-order valence-electron chi connectivity index (χ2n) is 2.67. The van der Waals surface area contributed by atoms with Crippen molar-refractivity contribution in [3.63, 3.8) is 0 Å².